The van der Waals surface area contributed by atoms with Crippen molar-refractivity contribution in [3.63, 3.8) is 0 Å². The molecule has 3 aromatic rings. The second-order valence-corrected chi connectivity index (χ2v) is 9.96. The van der Waals surface area contributed by atoms with Crippen molar-refractivity contribution in [3.8, 4) is 5.88 Å². The molecule has 0 bridgehead atoms. The lowest BCUT2D eigenvalue weighted by molar-refractivity contribution is 0.203. The van der Waals surface area contributed by atoms with Crippen LogP contribution in [0.15, 0.2) is 52.1 Å². The van der Waals surface area contributed by atoms with E-state index in [-0.39, 0.29) is 22.4 Å². The lowest BCUT2D eigenvalue weighted by atomic mass is 9.90. The van der Waals surface area contributed by atoms with Crippen LogP contribution in [0.3, 0.4) is 0 Å². The number of thiazole rings is 1. The molecule has 2 heterocycles. The van der Waals surface area contributed by atoms with Gasteiger partial charge in [-0.2, -0.15) is 4.98 Å². The average Bonchev–Trinajstić information content (AvgIpc) is 3.31. The molecule has 1 saturated carbocycles. The smallest absolute Gasteiger partial charge is 0.263 e. The molecule has 1 fully saturated rings. The van der Waals surface area contributed by atoms with E-state index in [2.05, 4.69) is 30.2 Å². The minimum Gasteiger partial charge on any atom is -0.476 e. The summed E-state index contributed by atoms with van der Waals surface area (Å²) in [5.74, 6) is 0.796. The van der Waals surface area contributed by atoms with Crippen molar-refractivity contribution < 1.29 is 13.2 Å². The van der Waals surface area contributed by atoms with E-state index in [1.807, 2.05) is 0 Å². The van der Waals surface area contributed by atoms with Crippen LogP contribution in [0, 0.1) is 10.8 Å². The summed E-state index contributed by atoms with van der Waals surface area (Å²) >= 11 is 1.19. The number of sulfonamides is 1. The molecule has 1 aromatic carbocycles. The molecule has 2 aromatic heterocycles. The Balaban J connectivity index is 1.43. The van der Waals surface area contributed by atoms with Crippen LogP contribution in [0.2, 0.25) is 0 Å². The third kappa shape index (κ3) is 5.56. The molecule has 0 amide bonds. The van der Waals surface area contributed by atoms with Gasteiger partial charge in [0.05, 0.1) is 17.7 Å². The molecule has 0 radical (unpaired) electrons. The van der Waals surface area contributed by atoms with Crippen molar-refractivity contribution >= 4 is 43.8 Å². The number of benzene rings is 1. The van der Waals surface area contributed by atoms with E-state index in [9.17, 15) is 13.3 Å². The van der Waals surface area contributed by atoms with Crippen molar-refractivity contribution in [3.05, 3.63) is 46.9 Å². The molecule has 0 aliphatic heterocycles. The van der Waals surface area contributed by atoms with Gasteiger partial charge in [-0.05, 0) is 48.2 Å². The predicted molar refractivity (Wildman–Crippen MR) is 122 cm³/mol. The van der Waals surface area contributed by atoms with Gasteiger partial charge in [0.2, 0.25) is 11.8 Å². The van der Waals surface area contributed by atoms with Crippen LogP contribution in [0.4, 0.5) is 22.5 Å². The monoisotopic (exact) mass is 474 g/mol. The third-order valence-electron chi connectivity index (χ3n) is 5.09. The van der Waals surface area contributed by atoms with Gasteiger partial charge in [-0.25, -0.2) is 18.4 Å². The van der Waals surface area contributed by atoms with Gasteiger partial charge in [-0.3, -0.25) is 4.72 Å². The highest BCUT2D eigenvalue weighted by Crippen LogP contribution is 2.29. The van der Waals surface area contributed by atoms with Gasteiger partial charge in [-0.15, -0.1) is 16.2 Å². The first-order valence-electron chi connectivity index (χ1n) is 10.2. The zero-order chi connectivity index (χ0) is 22.4. The van der Waals surface area contributed by atoms with Crippen LogP contribution < -0.4 is 14.8 Å². The molecule has 12 heteroatoms. The molecular formula is C20H22N6O4S2. The van der Waals surface area contributed by atoms with Gasteiger partial charge < -0.3 is 10.1 Å². The van der Waals surface area contributed by atoms with E-state index < -0.39 is 10.0 Å². The SMILES string of the molecule is O=Nc1cnc(Nc2ccc(S(=O)(=O)Nc3nccs3)cc2)nc1OCC1CCCCC1. The van der Waals surface area contributed by atoms with Gasteiger partial charge in [-0.1, -0.05) is 19.3 Å². The van der Waals surface area contributed by atoms with Gasteiger partial charge in [0.25, 0.3) is 10.0 Å². The van der Waals surface area contributed by atoms with Gasteiger partial charge in [0, 0.05) is 17.3 Å². The van der Waals surface area contributed by atoms with Crippen LogP contribution in [0.5, 0.6) is 5.88 Å². The van der Waals surface area contributed by atoms with Crippen LogP contribution in [-0.2, 0) is 10.0 Å². The largest absolute Gasteiger partial charge is 0.476 e. The summed E-state index contributed by atoms with van der Waals surface area (Å²) in [6.45, 7) is 0.484. The van der Waals surface area contributed by atoms with Crippen molar-refractivity contribution in [2.24, 2.45) is 11.1 Å². The molecule has 1 aliphatic carbocycles. The molecule has 4 rings (SSSR count). The van der Waals surface area contributed by atoms with Crippen LogP contribution >= 0.6 is 11.3 Å². The van der Waals surface area contributed by atoms with E-state index >= 15 is 0 Å². The fourth-order valence-electron chi connectivity index (χ4n) is 3.43. The lowest BCUT2D eigenvalue weighted by Crippen LogP contribution is -2.16. The zero-order valence-electron chi connectivity index (χ0n) is 17.1. The molecule has 1 aliphatic rings. The summed E-state index contributed by atoms with van der Waals surface area (Å²) in [6, 6.07) is 6.10. The summed E-state index contributed by atoms with van der Waals surface area (Å²) in [5, 5.41) is 7.91. The lowest BCUT2D eigenvalue weighted by Gasteiger charge is -2.21. The molecule has 32 heavy (non-hydrogen) atoms. The minimum atomic E-state index is -3.73. The molecule has 0 atom stereocenters. The number of nitrogens with zero attached hydrogens (tertiary/aromatic N) is 4. The van der Waals surface area contributed by atoms with Gasteiger partial charge in [0.15, 0.2) is 10.8 Å². The first-order valence-corrected chi connectivity index (χ1v) is 12.5. The highest BCUT2D eigenvalue weighted by atomic mass is 32.2. The van der Waals surface area contributed by atoms with E-state index in [4.69, 9.17) is 4.74 Å². The molecule has 0 unspecified atom stereocenters. The number of anilines is 3. The second-order valence-electron chi connectivity index (χ2n) is 7.38. The number of hydrogen-bond acceptors (Lipinski definition) is 10. The van der Waals surface area contributed by atoms with Crippen molar-refractivity contribution in [2.45, 2.75) is 37.0 Å². The van der Waals surface area contributed by atoms with Crippen LogP contribution in [0.1, 0.15) is 32.1 Å². The fourth-order valence-corrected chi connectivity index (χ4v) is 5.22. The van der Waals surface area contributed by atoms with E-state index in [0.717, 1.165) is 12.8 Å². The van der Waals surface area contributed by atoms with Crippen LogP contribution in [-0.4, -0.2) is 30.0 Å². The molecule has 0 saturated heterocycles. The van der Waals surface area contributed by atoms with Crippen LogP contribution in [0.25, 0.3) is 0 Å². The number of aromatic nitrogens is 3. The number of hydrogen-bond donors (Lipinski definition) is 2. The molecule has 10 nitrogen and oxygen atoms in total. The predicted octanol–water partition coefficient (Wildman–Crippen LogP) is 4.83. The number of ether oxygens (including phenoxy) is 1. The summed E-state index contributed by atoms with van der Waals surface area (Å²) in [5.41, 5.74) is 0.615. The minimum absolute atomic E-state index is 0.0426. The Morgan fingerprint density at radius 3 is 2.59 bits per heavy atom. The Bertz CT molecular complexity index is 1150. The maximum absolute atomic E-state index is 12.4. The van der Waals surface area contributed by atoms with Crippen molar-refractivity contribution in [1.29, 1.82) is 0 Å². The summed E-state index contributed by atoms with van der Waals surface area (Å²) < 4.78 is 33.1. The zero-order valence-corrected chi connectivity index (χ0v) is 18.7. The van der Waals surface area contributed by atoms with Crippen molar-refractivity contribution in [2.75, 3.05) is 16.6 Å². The summed E-state index contributed by atoms with van der Waals surface area (Å²) in [4.78, 5) is 23.5. The van der Waals surface area contributed by atoms with Gasteiger partial charge in [0.1, 0.15) is 0 Å². The highest BCUT2D eigenvalue weighted by Gasteiger charge is 2.18. The number of nitroso groups, excluding NO2 is 1. The van der Waals surface area contributed by atoms with E-state index in [0.29, 0.717) is 23.3 Å². The number of rotatable bonds is 9. The Kier molecular flexibility index (Phi) is 6.90. The Hall–Kier alpha value is -3.12. The highest BCUT2D eigenvalue weighted by molar-refractivity contribution is 7.93. The average molecular weight is 475 g/mol. The number of nitrogens with one attached hydrogen (secondary N) is 2. The third-order valence-corrected chi connectivity index (χ3v) is 7.26. The first-order chi connectivity index (χ1) is 15.5. The summed E-state index contributed by atoms with van der Waals surface area (Å²) in [7, 11) is -3.73. The normalized spacial score (nSPS) is 14.6. The molecular weight excluding hydrogens is 452 g/mol. The quantitative estimate of drug-likeness (QED) is 0.421. The van der Waals surface area contributed by atoms with Gasteiger partial charge >= 0.3 is 0 Å². The fraction of sp³-hybridized carbons (Fsp3) is 0.350. The second kappa shape index (κ2) is 10.0. The molecule has 168 valence electrons. The summed E-state index contributed by atoms with van der Waals surface area (Å²) in [6.07, 6.45) is 8.66. The molecule has 2 N–H and O–H groups in total. The van der Waals surface area contributed by atoms with Crippen molar-refractivity contribution in [1.82, 2.24) is 15.0 Å². The Morgan fingerprint density at radius 2 is 1.91 bits per heavy atom. The van der Waals surface area contributed by atoms with E-state index in [1.165, 1.54) is 55.1 Å². The van der Waals surface area contributed by atoms with E-state index in [1.54, 1.807) is 17.5 Å². The maximum Gasteiger partial charge on any atom is 0.263 e. The first kappa shape index (κ1) is 22.1. The topological polar surface area (TPSA) is 136 Å². The molecule has 0 spiro atoms. The maximum atomic E-state index is 12.4. The standard InChI is InChI=1S/C20H22N6O4S2/c27-25-17-12-22-19(24-18(17)30-13-14-4-2-1-3-5-14)23-15-6-8-16(9-7-15)32(28,29)26-20-21-10-11-31-20/h6-12,14H,1-5,13H2,(H,21,26)(H,22,23,24). The Morgan fingerprint density at radius 1 is 1.12 bits per heavy atom. The Labute approximate surface area is 189 Å².